The van der Waals surface area contributed by atoms with Gasteiger partial charge >= 0.3 is 5.63 Å². The van der Waals surface area contributed by atoms with Gasteiger partial charge in [0.05, 0.1) is 17.4 Å². The molecule has 0 bridgehead atoms. The predicted octanol–water partition coefficient (Wildman–Crippen LogP) is 4.11. The first kappa shape index (κ1) is 19.8. The van der Waals surface area contributed by atoms with Gasteiger partial charge in [-0.15, -0.1) is 0 Å². The number of hydrogen-bond acceptors (Lipinski definition) is 5. The van der Waals surface area contributed by atoms with E-state index in [0.717, 1.165) is 17.5 Å². The van der Waals surface area contributed by atoms with Gasteiger partial charge in [-0.1, -0.05) is 49.4 Å². The molecule has 152 valence electrons. The highest BCUT2D eigenvalue weighted by molar-refractivity contribution is 6.04. The summed E-state index contributed by atoms with van der Waals surface area (Å²) in [6.07, 6.45) is 0. The molecule has 2 aromatic carbocycles. The van der Waals surface area contributed by atoms with E-state index < -0.39 is 5.63 Å². The van der Waals surface area contributed by atoms with E-state index in [1.807, 2.05) is 62.4 Å². The molecule has 1 amide bonds. The van der Waals surface area contributed by atoms with Gasteiger partial charge in [-0.05, 0) is 42.8 Å². The molecule has 6 heteroatoms. The summed E-state index contributed by atoms with van der Waals surface area (Å²) in [5, 5.41) is 4.06. The highest BCUT2D eigenvalue weighted by atomic mass is 16.4. The highest BCUT2D eigenvalue weighted by Crippen LogP contribution is 2.25. The van der Waals surface area contributed by atoms with Crippen LogP contribution in [0.1, 0.15) is 18.1 Å². The van der Waals surface area contributed by atoms with Gasteiger partial charge in [0.15, 0.2) is 0 Å². The topological polar surface area (TPSA) is 75.4 Å². The number of pyridine rings is 1. The fourth-order valence-electron chi connectivity index (χ4n) is 3.60. The van der Waals surface area contributed by atoms with Crippen LogP contribution in [-0.4, -0.2) is 28.9 Å². The zero-order valence-electron chi connectivity index (χ0n) is 17.0. The maximum Gasteiger partial charge on any atom is 0.346 e. The number of nitrogens with one attached hydrogen (secondary N) is 1. The highest BCUT2D eigenvalue weighted by Gasteiger charge is 2.15. The van der Waals surface area contributed by atoms with Gasteiger partial charge < -0.3 is 9.73 Å². The third-order valence-corrected chi connectivity index (χ3v) is 5.10. The van der Waals surface area contributed by atoms with Crippen molar-refractivity contribution in [2.45, 2.75) is 20.4 Å². The van der Waals surface area contributed by atoms with E-state index in [0.29, 0.717) is 34.4 Å². The summed E-state index contributed by atoms with van der Waals surface area (Å²) in [6.45, 7) is 5.54. The number of carbonyl (C=O) groups excluding carboxylic acids is 1. The van der Waals surface area contributed by atoms with Crippen molar-refractivity contribution in [2.24, 2.45) is 0 Å². The number of likely N-dealkylation sites (N-methyl/N-ethyl adjacent to an activating group) is 1. The Kier molecular flexibility index (Phi) is 5.59. The number of fused-ring (bicyclic) bond motifs is 3. The maximum absolute atomic E-state index is 12.7. The van der Waals surface area contributed by atoms with Gasteiger partial charge in [0.2, 0.25) is 5.91 Å². The number of aromatic nitrogens is 1. The number of nitrogens with zero attached hydrogens (tertiary/aromatic N) is 2. The van der Waals surface area contributed by atoms with Gasteiger partial charge in [0, 0.05) is 11.9 Å². The monoisotopic (exact) mass is 401 g/mol. The Bertz CT molecular complexity index is 1270. The lowest BCUT2D eigenvalue weighted by Gasteiger charge is -2.20. The fraction of sp³-hybridized carbons (Fsp3) is 0.208. The number of carbonyl (C=O) groups is 1. The van der Waals surface area contributed by atoms with Crippen LogP contribution in [0.25, 0.3) is 21.9 Å². The lowest BCUT2D eigenvalue weighted by atomic mass is 10.1. The molecule has 30 heavy (non-hydrogen) atoms. The summed E-state index contributed by atoms with van der Waals surface area (Å²) in [7, 11) is 0. The van der Waals surface area contributed by atoms with E-state index in [4.69, 9.17) is 4.42 Å². The number of rotatable bonds is 6. The average Bonchev–Trinajstić information content (AvgIpc) is 2.73. The molecule has 2 heterocycles. The molecule has 2 aromatic heterocycles. The first-order valence-corrected chi connectivity index (χ1v) is 9.94. The molecule has 0 radical (unpaired) electrons. The molecular weight excluding hydrogens is 378 g/mol. The van der Waals surface area contributed by atoms with E-state index in [1.165, 1.54) is 0 Å². The van der Waals surface area contributed by atoms with E-state index in [2.05, 4.69) is 15.2 Å². The molecule has 0 saturated carbocycles. The molecule has 0 unspecified atom stereocenters. The Hall–Kier alpha value is -3.51. The molecule has 6 nitrogen and oxygen atoms in total. The van der Waals surface area contributed by atoms with Crippen LogP contribution in [0.4, 0.5) is 5.82 Å². The molecule has 0 spiro atoms. The van der Waals surface area contributed by atoms with Crippen LogP contribution in [0.15, 0.2) is 69.9 Å². The summed E-state index contributed by atoms with van der Waals surface area (Å²) in [4.78, 5) is 31.7. The van der Waals surface area contributed by atoms with Crippen molar-refractivity contribution in [3.05, 3.63) is 82.2 Å². The Morgan fingerprint density at radius 2 is 1.83 bits per heavy atom. The molecule has 4 rings (SSSR count). The third kappa shape index (κ3) is 4.09. The Labute approximate surface area is 174 Å². The van der Waals surface area contributed by atoms with E-state index in [1.54, 1.807) is 12.1 Å². The van der Waals surface area contributed by atoms with Gasteiger partial charge in [-0.3, -0.25) is 9.69 Å². The lowest BCUT2D eigenvalue weighted by Crippen LogP contribution is -2.33. The zero-order valence-corrected chi connectivity index (χ0v) is 17.0. The largest absolute Gasteiger partial charge is 0.422 e. The summed E-state index contributed by atoms with van der Waals surface area (Å²) < 4.78 is 5.41. The maximum atomic E-state index is 12.7. The van der Waals surface area contributed by atoms with Gasteiger partial charge in [-0.25, -0.2) is 9.78 Å². The second-order valence-electron chi connectivity index (χ2n) is 7.27. The third-order valence-electron chi connectivity index (χ3n) is 5.10. The second kappa shape index (κ2) is 8.47. The predicted molar refractivity (Wildman–Crippen MR) is 119 cm³/mol. The number of aryl methyl sites for hydroxylation is 1. The van der Waals surface area contributed by atoms with Crippen LogP contribution in [-0.2, 0) is 11.3 Å². The Morgan fingerprint density at radius 1 is 1.10 bits per heavy atom. The minimum Gasteiger partial charge on any atom is -0.422 e. The van der Waals surface area contributed by atoms with Crippen molar-refractivity contribution in [3.8, 4) is 0 Å². The number of hydrogen-bond donors (Lipinski definition) is 1. The lowest BCUT2D eigenvalue weighted by molar-refractivity contribution is -0.117. The molecule has 0 aliphatic heterocycles. The average molecular weight is 401 g/mol. The first-order valence-electron chi connectivity index (χ1n) is 9.94. The first-order chi connectivity index (χ1) is 14.5. The summed E-state index contributed by atoms with van der Waals surface area (Å²) in [5.74, 6) is 0.280. The summed E-state index contributed by atoms with van der Waals surface area (Å²) >= 11 is 0. The molecule has 0 aliphatic rings. The SMILES string of the molecule is CCN(CC(=O)Nc1cc(C)c2c(=O)oc3ccccc3c2n1)Cc1ccccc1. The molecular formula is C24H23N3O3. The van der Waals surface area contributed by atoms with Crippen LogP contribution < -0.4 is 10.9 Å². The quantitative estimate of drug-likeness (QED) is 0.389. The van der Waals surface area contributed by atoms with Gasteiger partial charge in [0.25, 0.3) is 0 Å². The summed E-state index contributed by atoms with van der Waals surface area (Å²) in [5.41, 5.74) is 2.46. The molecule has 0 fully saturated rings. The molecule has 0 atom stereocenters. The number of para-hydroxylation sites is 1. The minimum atomic E-state index is -0.424. The van der Waals surface area contributed by atoms with Crippen LogP contribution in [0.2, 0.25) is 0 Å². The van der Waals surface area contributed by atoms with Crippen molar-refractivity contribution in [3.63, 3.8) is 0 Å². The molecule has 1 N–H and O–H groups in total. The zero-order chi connectivity index (χ0) is 21.1. The van der Waals surface area contributed by atoms with Crippen LogP contribution >= 0.6 is 0 Å². The van der Waals surface area contributed by atoms with E-state index in [-0.39, 0.29) is 12.5 Å². The van der Waals surface area contributed by atoms with Crippen molar-refractivity contribution in [2.75, 3.05) is 18.4 Å². The standard InChI is InChI=1S/C24H23N3O3/c1-3-27(14-17-9-5-4-6-10-17)15-21(28)25-20-13-16(2)22-23(26-20)18-11-7-8-12-19(18)30-24(22)29/h4-13H,3,14-15H2,1-2H3,(H,25,26,28). The fourth-order valence-corrected chi connectivity index (χ4v) is 3.60. The number of anilines is 1. The second-order valence-corrected chi connectivity index (χ2v) is 7.27. The van der Waals surface area contributed by atoms with Crippen molar-refractivity contribution >= 4 is 33.6 Å². The van der Waals surface area contributed by atoms with E-state index >= 15 is 0 Å². The minimum absolute atomic E-state index is 0.147. The summed E-state index contributed by atoms with van der Waals surface area (Å²) in [6, 6.07) is 19.0. The smallest absolute Gasteiger partial charge is 0.346 e. The van der Waals surface area contributed by atoms with Crippen LogP contribution in [0, 0.1) is 6.92 Å². The van der Waals surface area contributed by atoms with Crippen molar-refractivity contribution < 1.29 is 9.21 Å². The normalized spacial score (nSPS) is 11.3. The molecule has 4 aromatic rings. The van der Waals surface area contributed by atoms with Gasteiger partial charge in [0.1, 0.15) is 11.4 Å². The number of amides is 1. The van der Waals surface area contributed by atoms with Gasteiger partial charge in [-0.2, -0.15) is 0 Å². The van der Waals surface area contributed by atoms with Crippen molar-refractivity contribution in [1.29, 1.82) is 0 Å². The van der Waals surface area contributed by atoms with Crippen LogP contribution in [0.3, 0.4) is 0 Å². The molecule has 0 aliphatic carbocycles. The Morgan fingerprint density at radius 3 is 2.60 bits per heavy atom. The number of benzene rings is 2. The molecule has 0 saturated heterocycles. The Balaban J connectivity index is 1.59. The van der Waals surface area contributed by atoms with Crippen LogP contribution in [0.5, 0.6) is 0 Å². The van der Waals surface area contributed by atoms with E-state index in [9.17, 15) is 9.59 Å². The van der Waals surface area contributed by atoms with Crippen molar-refractivity contribution in [1.82, 2.24) is 9.88 Å².